The topological polar surface area (TPSA) is 71.8 Å². The van der Waals surface area contributed by atoms with Crippen molar-refractivity contribution >= 4 is 34.9 Å². The Kier molecular flexibility index (Phi) is 5.53. The largest absolute Gasteiger partial charge is 0.334 e. The van der Waals surface area contributed by atoms with Gasteiger partial charge in [0.15, 0.2) is 0 Å². The maximum Gasteiger partial charge on any atom is 0.319 e. The molecule has 3 aromatic rings. The van der Waals surface area contributed by atoms with Crippen LogP contribution >= 0.6 is 23.2 Å². The van der Waals surface area contributed by atoms with Gasteiger partial charge in [0.05, 0.1) is 16.6 Å². The van der Waals surface area contributed by atoms with Crippen molar-refractivity contribution in [3.8, 4) is 0 Å². The fourth-order valence-corrected chi connectivity index (χ4v) is 2.49. The zero-order chi connectivity index (χ0) is 17.6. The molecular weight excluding hydrogens is 361 g/mol. The van der Waals surface area contributed by atoms with Gasteiger partial charge in [0, 0.05) is 12.2 Å². The van der Waals surface area contributed by atoms with Crippen LogP contribution in [0, 0.1) is 0 Å². The minimum atomic E-state index is -0.315. The van der Waals surface area contributed by atoms with E-state index in [9.17, 15) is 4.79 Å². The van der Waals surface area contributed by atoms with Crippen LogP contribution in [0.25, 0.3) is 0 Å². The van der Waals surface area contributed by atoms with E-state index >= 15 is 0 Å². The third-order valence-electron chi connectivity index (χ3n) is 3.46. The van der Waals surface area contributed by atoms with Gasteiger partial charge in [-0.15, -0.1) is 0 Å². The van der Waals surface area contributed by atoms with Gasteiger partial charge in [0.1, 0.15) is 12.7 Å². The molecule has 1 heterocycles. The molecule has 0 aliphatic rings. The number of anilines is 1. The zero-order valence-corrected chi connectivity index (χ0v) is 14.6. The van der Waals surface area contributed by atoms with E-state index in [1.165, 1.54) is 6.33 Å². The molecule has 0 fully saturated rings. The maximum atomic E-state index is 11.9. The molecule has 0 saturated carbocycles. The van der Waals surface area contributed by atoms with Crippen LogP contribution in [-0.4, -0.2) is 20.8 Å². The summed E-state index contributed by atoms with van der Waals surface area (Å²) in [6, 6.07) is 12.5. The smallest absolute Gasteiger partial charge is 0.319 e. The molecule has 128 valence electrons. The molecule has 0 aliphatic heterocycles. The Morgan fingerprint density at radius 1 is 1.04 bits per heavy atom. The van der Waals surface area contributed by atoms with Crippen molar-refractivity contribution in [1.82, 2.24) is 20.1 Å². The summed E-state index contributed by atoms with van der Waals surface area (Å²) in [6.07, 6.45) is 3.17. The second-order valence-electron chi connectivity index (χ2n) is 5.35. The van der Waals surface area contributed by atoms with E-state index in [4.69, 9.17) is 23.2 Å². The number of hydrogen-bond acceptors (Lipinski definition) is 3. The van der Waals surface area contributed by atoms with Crippen LogP contribution in [0.2, 0.25) is 10.0 Å². The van der Waals surface area contributed by atoms with Gasteiger partial charge < -0.3 is 10.6 Å². The summed E-state index contributed by atoms with van der Waals surface area (Å²) in [7, 11) is 0. The van der Waals surface area contributed by atoms with E-state index in [1.54, 1.807) is 29.2 Å². The molecule has 0 spiro atoms. The third-order valence-corrected chi connectivity index (χ3v) is 4.20. The second-order valence-corrected chi connectivity index (χ2v) is 6.16. The van der Waals surface area contributed by atoms with Crippen LogP contribution in [0.4, 0.5) is 10.5 Å². The predicted molar refractivity (Wildman–Crippen MR) is 97.9 cm³/mol. The number of nitrogens with one attached hydrogen (secondary N) is 2. The predicted octanol–water partition coefficient (Wildman–Crippen LogP) is 3.95. The Morgan fingerprint density at radius 2 is 1.80 bits per heavy atom. The Balaban J connectivity index is 1.50. The van der Waals surface area contributed by atoms with Crippen molar-refractivity contribution in [1.29, 1.82) is 0 Å². The number of halogens is 2. The third kappa shape index (κ3) is 4.95. The monoisotopic (exact) mass is 375 g/mol. The number of carbonyl (C=O) groups is 1. The number of hydrogen-bond donors (Lipinski definition) is 2. The minimum absolute atomic E-state index is 0.315. The molecule has 0 aliphatic carbocycles. The van der Waals surface area contributed by atoms with E-state index in [0.717, 1.165) is 11.1 Å². The van der Waals surface area contributed by atoms with Crippen molar-refractivity contribution in [3.63, 3.8) is 0 Å². The van der Waals surface area contributed by atoms with E-state index in [1.807, 2.05) is 24.3 Å². The SMILES string of the molecule is O=C(NCc1ccc(Cn2cncn2)cc1)Nc1ccc(Cl)c(Cl)c1. The summed E-state index contributed by atoms with van der Waals surface area (Å²) in [6.45, 7) is 1.07. The fourth-order valence-electron chi connectivity index (χ4n) is 2.20. The first-order chi connectivity index (χ1) is 12.1. The Labute approximate surface area is 154 Å². The number of aromatic nitrogens is 3. The quantitative estimate of drug-likeness (QED) is 0.708. The van der Waals surface area contributed by atoms with Gasteiger partial charge in [-0.25, -0.2) is 14.5 Å². The molecule has 1 aromatic heterocycles. The average molecular weight is 376 g/mol. The summed E-state index contributed by atoms with van der Waals surface area (Å²) in [5.74, 6) is 0. The normalized spacial score (nSPS) is 10.5. The summed E-state index contributed by atoms with van der Waals surface area (Å²) in [5.41, 5.74) is 2.68. The lowest BCUT2D eigenvalue weighted by Gasteiger charge is -2.09. The second kappa shape index (κ2) is 8.00. The molecule has 0 saturated heterocycles. The van der Waals surface area contributed by atoms with Gasteiger partial charge in [-0.2, -0.15) is 5.10 Å². The molecule has 2 N–H and O–H groups in total. The first kappa shape index (κ1) is 17.3. The Hall–Kier alpha value is -2.57. The Bertz CT molecular complexity index is 850. The molecule has 8 heteroatoms. The molecule has 0 radical (unpaired) electrons. The van der Waals surface area contributed by atoms with Gasteiger partial charge in [0.25, 0.3) is 0 Å². The lowest BCUT2D eigenvalue weighted by Crippen LogP contribution is -2.28. The lowest BCUT2D eigenvalue weighted by molar-refractivity contribution is 0.251. The van der Waals surface area contributed by atoms with E-state index < -0.39 is 0 Å². The minimum Gasteiger partial charge on any atom is -0.334 e. The molecule has 0 bridgehead atoms. The number of benzene rings is 2. The van der Waals surface area contributed by atoms with Gasteiger partial charge in [0.2, 0.25) is 0 Å². The molecule has 2 aromatic carbocycles. The summed E-state index contributed by atoms with van der Waals surface area (Å²) < 4.78 is 1.75. The van der Waals surface area contributed by atoms with Gasteiger partial charge in [-0.05, 0) is 29.3 Å². The lowest BCUT2D eigenvalue weighted by atomic mass is 10.1. The summed E-state index contributed by atoms with van der Waals surface area (Å²) in [5, 5.41) is 10.4. The number of rotatable bonds is 5. The maximum absolute atomic E-state index is 11.9. The van der Waals surface area contributed by atoms with Crippen molar-refractivity contribution in [3.05, 3.63) is 76.3 Å². The van der Waals surface area contributed by atoms with E-state index in [-0.39, 0.29) is 6.03 Å². The van der Waals surface area contributed by atoms with Crippen molar-refractivity contribution < 1.29 is 4.79 Å². The zero-order valence-electron chi connectivity index (χ0n) is 13.1. The Morgan fingerprint density at radius 3 is 2.48 bits per heavy atom. The molecular formula is C17H15Cl2N5O. The highest BCUT2D eigenvalue weighted by atomic mass is 35.5. The molecule has 2 amide bonds. The van der Waals surface area contributed by atoms with Gasteiger partial charge in [-0.3, -0.25) is 0 Å². The van der Waals surface area contributed by atoms with Crippen LogP contribution in [0.15, 0.2) is 55.1 Å². The van der Waals surface area contributed by atoms with Crippen LogP contribution in [0.3, 0.4) is 0 Å². The molecule has 6 nitrogen and oxygen atoms in total. The number of urea groups is 1. The highest BCUT2D eigenvalue weighted by Gasteiger charge is 2.04. The molecule has 25 heavy (non-hydrogen) atoms. The van der Waals surface area contributed by atoms with Crippen molar-refractivity contribution in [2.24, 2.45) is 0 Å². The first-order valence-electron chi connectivity index (χ1n) is 7.50. The van der Waals surface area contributed by atoms with Crippen LogP contribution in [0.1, 0.15) is 11.1 Å². The summed E-state index contributed by atoms with van der Waals surface area (Å²) in [4.78, 5) is 15.9. The van der Waals surface area contributed by atoms with E-state index in [2.05, 4.69) is 20.7 Å². The molecule has 3 rings (SSSR count). The molecule has 0 unspecified atom stereocenters. The number of carbonyl (C=O) groups excluding carboxylic acids is 1. The fraction of sp³-hybridized carbons (Fsp3) is 0.118. The standard InChI is InChI=1S/C17H15Cl2N5O/c18-15-6-5-14(7-16(15)19)23-17(25)21-8-12-1-3-13(4-2-12)9-24-11-20-10-22-24/h1-7,10-11H,8-9H2,(H2,21,23,25). The number of amides is 2. The highest BCUT2D eigenvalue weighted by Crippen LogP contribution is 2.24. The number of nitrogens with zero attached hydrogens (tertiary/aromatic N) is 3. The summed E-state index contributed by atoms with van der Waals surface area (Å²) >= 11 is 11.8. The average Bonchev–Trinajstić information content (AvgIpc) is 3.11. The van der Waals surface area contributed by atoms with Crippen LogP contribution < -0.4 is 10.6 Å². The van der Waals surface area contributed by atoms with Crippen molar-refractivity contribution in [2.45, 2.75) is 13.1 Å². The molecule has 0 atom stereocenters. The van der Waals surface area contributed by atoms with Gasteiger partial charge in [-0.1, -0.05) is 47.5 Å². The van der Waals surface area contributed by atoms with Crippen LogP contribution in [0.5, 0.6) is 0 Å². The van der Waals surface area contributed by atoms with Gasteiger partial charge >= 0.3 is 6.03 Å². The van der Waals surface area contributed by atoms with E-state index in [0.29, 0.717) is 28.8 Å². The van der Waals surface area contributed by atoms with Crippen LogP contribution in [-0.2, 0) is 13.1 Å². The highest BCUT2D eigenvalue weighted by molar-refractivity contribution is 6.42. The first-order valence-corrected chi connectivity index (χ1v) is 8.26. The van der Waals surface area contributed by atoms with Crippen molar-refractivity contribution in [2.75, 3.05) is 5.32 Å².